The third-order valence-corrected chi connectivity index (χ3v) is 4.22. The Morgan fingerprint density at radius 2 is 1.88 bits per heavy atom. The van der Waals surface area contributed by atoms with Crippen LogP contribution in [0, 0.1) is 0 Å². The van der Waals surface area contributed by atoms with Crippen LogP contribution in [0.4, 0.5) is 13.2 Å². The Morgan fingerprint density at radius 1 is 1.21 bits per heavy atom. The van der Waals surface area contributed by atoms with Gasteiger partial charge in [-0.2, -0.15) is 13.2 Å². The van der Waals surface area contributed by atoms with Crippen LogP contribution in [0.1, 0.15) is 19.3 Å². The van der Waals surface area contributed by atoms with Gasteiger partial charge in [0.05, 0.1) is 6.54 Å². The molecule has 0 aliphatic carbocycles. The number of nitrogens with zero attached hydrogens (tertiary/aromatic N) is 2. The number of likely N-dealkylation sites (tertiary alicyclic amines) is 1. The van der Waals surface area contributed by atoms with E-state index in [9.17, 15) is 22.8 Å². The maximum absolute atomic E-state index is 13.2. The van der Waals surface area contributed by atoms with E-state index in [1.54, 1.807) is 0 Å². The molecule has 0 saturated carbocycles. The standard InChI is InChI=1S/C14H23F3N4O2.ClH/c15-14(16,17)11(20-7-4-18-5-8-20)9-19-12(22)10-21-6-2-1-3-13(21)23;/h11,18H,1-10H2,(H,19,22);1H. The third kappa shape index (κ3) is 6.10. The summed E-state index contributed by atoms with van der Waals surface area (Å²) in [4.78, 5) is 26.2. The molecule has 2 N–H and O–H groups in total. The number of alkyl halides is 3. The van der Waals surface area contributed by atoms with Gasteiger partial charge in [0.25, 0.3) is 0 Å². The zero-order valence-electron chi connectivity index (χ0n) is 13.4. The number of carbonyl (C=O) groups is 2. The van der Waals surface area contributed by atoms with Crippen molar-refractivity contribution in [2.75, 3.05) is 45.8 Å². The molecule has 0 aromatic carbocycles. The molecule has 140 valence electrons. The molecule has 0 radical (unpaired) electrons. The molecule has 2 aliphatic heterocycles. The Labute approximate surface area is 145 Å². The number of piperazine rings is 1. The van der Waals surface area contributed by atoms with Crippen LogP contribution >= 0.6 is 12.4 Å². The van der Waals surface area contributed by atoms with Crippen molar-refractivity contribution in [1.29, 1.82) is 0 Å². The van der Waals surface area contributed by atoms with Crippen LogP contribution in [0.25, 0.3) is 0 Å². The van der Waals surface area contributed by atoms with Crippen molar-refractivity contribution >= 4 is 24.2 Å². The average molecular weight is 373 g/mol. The van der Waals surface area contributed by atoms with Crippen molar-refractivity contribution < 1.29 is 22.8 Å². The molecule has 6 nitrogen and oxygen atoms in total. The summed E-state index contributed by atoms with van der Waals surface area (Å²) in [6, 6.07) is -1.69. The summed E-state index contributed by atoms with van der Waals surface area (Å²) in [6.07, 6.45) is -2.37. The third-order valence-electron chi connectivity index (χ3n) is 4.22. The second kappa shape index (κ2) is 9.43. The van der Waals surface area contributed by atoms with Gasteiger partial charge < -0.3 is 15.5 Å². The van der Waals surface area contributed by atoms with Crippen LogP contribution in [0.5, 0.6) is 0 Å². The summed E-state index contributed by atoms with van der Waals surface area (Å²) in [5, 5.41) is 5.34. The SMILES string of the molecule is Cl.O=C(CN1CCCCC1=O)NCC(N1CCNCC1)C(F)(F)F. The van der Waals surface area contributed by atoms with Gasteiger partial charge in [0.15, 0.2) is 0 Å². The topological polar surface area (TPSA) is 64.7 Å². The highest BCUT2D eigenvalue weighted by Crippen LogP contribution is 2.24. The summed E-state index contributed by atoms with van der Waals surface area (Å²) in [5.41, 5.74) is 0. The Kier molecular flexibility index (Phi) is 8.24. The van der Waals surface area contributed by atoms with Crippen molar-refractivity contribution in [3.8, 4) is 0 Å². The van der Waals surface area contributed by atoms with E-state index in [2.05, 4.69) is 10.6 Å². The maximum Gasteiger partial charge on any atom is 0.405 e. The number of nitrogens with one attached hydrogen (secondary N) is 2. The van der Waals surface area contributed by atoms with Crippen molar-refractivity contribution in [1.82, 2.24) is 20.4 Å². The Morgan fingerprint density at radius 3 is 2.46 bits per heavy atom. The first-order valence-corrected chi connectivity index (χ1v) is 7.94. The molecule has 2 rings (SSSR count). The monoisotopic (exact) mass is 372 g/mol. The minimum Gasteiger partial charge on any atom is -0.353 e. The molecule has 10 heteroatoms. The van der Waals surface area contributed by atoms with Crippen LogP contribution in [-0.4, -0.2) is 79.6 Å². The fourth-order valence-electron chi connectivity index (χ4n) is 2.91. The first kappa shape index (κ1) is 21.0. The average Bonchev–Trinajstić information content (AvgIpc) is 2.49. The zero-order chi connectivity index (χ0) is 16.9. The van der Waals surface area contributed by atoms with Crippen LogP contribution in [0.2, 0.25) is 0 Å². The van der Waals surface area contributed by atoms with E-state index in [1.165, 1.54) is 9.80 Å². The molecule has 1 atom stereocenters. The molecule has 2 fully saturated rings. The van der Waals surface area contributed by atoms with Gasteiger partial charge in [-0.1, -0.05) is 0 Å². The van der Waals surface area contributed by atoms with Crippen molar-refractivity contribution in [2.45, 2.75) is 31.5 Å². The highest BCUT2D eigenvalue weighted by atomic mass is 35.5. The van der Waals surface area contributed by atoms with Gasteiger partial charge in [0.2, 0.25) is 11.8 Å². The van der Waals surface area contributed by atoms with Crippen LogP contribution in [-0.2, 0) is 9.59 Å². The summed E-state index contributed by atoms with van der Waals surface area (Å²) in [7, 11) is 0. The minimum atomic E-state index is -4.40. The van der Waals surface area contributed by atoms with Crippen LogP contribution in [0.3, 0.4) is 0 Å². The van der Waals surface area contributed by atoms with Crippen LogP contribution in [0.15, 0.2) is 0 Å². The molecular formula is C14H24ClF3N4O2. The summed E-state index contributed by atoms with van der Waals surface area (Å²) >= 11 is 0. The number of halogens is 4. The molecule has 0 aromatic rings. The van der Waals surface area contributed by atoms with Gasteiger partial charge in [-0.25, -0.2) is 0 Å². The lowest BCUT2D eigenvalue weighted by molar-refractivity contribution is -0.184. The molecule has 0 bridgehead atoms. The molecule has 2 amide bonds. The van der Waals surface area contributed by atoms with E-state index in [0.29, 0.717) is 39.1 Å². The van der Waals surface area contributed by atoms with Crippen molar-refractivity contribution in [2.24, 2.45) is 0 Å². The van der Waals surface area contributed by atoms with Crippen molar-refractivity contribution in [3.05, 3.63) is 0 Å². The zero-order valence-corrected chi connectivity index (χ0v) is 14.2. The number of piperidine rings is 1. The van der Waals surface area contributed by atoms with E-state index in [4.69, 9.17) is 0 Å². The number of amides is 2. The fourth-order valence-corrected chi connectivity index (χ4v) is 2.91. The first-order chi connectivity index (χ1) is 10.9. The molecule has 1 unspecified atom stereocenters. The maximum atomic E-state index is 13.2. The van der Waals surface area contributed by atoms with Gasteiger partial charge in [-0.3, -0.25) is 14.5 Å². The molecule has 2 saturated heterocycles. The first-order valence-electron chi connectivity index (χ1n) is 7.94. The molecule has 2 aliphatic rings. The number of hydrogen-bond acceptors (Lipinski definition) is 4. The molecule has 0 aromatic heterocycles. The van der Waals surface area contributed by atoms with Gasteiger partial charge in [-0.15, -0.1) is 12.4 Å². The van der Waals surface area contributed by atoms with E-state index < -0.39 is 24.7 Å². The molecule has 24 heavy (non-hydrogen) atoms. The Hall–Kier alpha value is -1.06. The van der Waals surface area contributed by atoms with Gasteiger partial charge in [0, 0.05) is 45.7 Å². The Balaban J connectivity index is 0.00000288. The largest absolute Gasteiger partial charge is 0.405 e. The highest BCUT2D eigenvalue weighted by molar-refractivity contribution is 5.85. The lowest BCUT2D eigenvalue weighted by Crippen LogP contribution is -2.58. The predicted octanol–water partition coefficient (Wildman–Crippen LogP) is 0.373. The highest BCUT2D eigenvalue weighted by Gasteiger charge is 2.43. The Bertz CT molecular complexity index is 431. The summed E-state index contributed by atoms with van der Waals surface area (Å²) in [6.45, 7) is 1.45. The summed E-state index contributed by atoms with van der Waals surface area (Å²) < 4.78 is 39.6. The van der Waals surface area contributed by atoms with E-state index in [-0.39, 0.29) is 24.9 Å². The number of hydrogen-bond donors (Lipinski definition) is 2. The summed E-state index contributed by atoms with van der Waals surface area (Å²) in [5.74, 6) is -0.648. The van der Waals surface area contributed by atoms with E-state index in [0.717, 1.165) is 12.8 Å². The van der Waals surface area contributed by atoms with E-state index >= 15 is 0 Å². The second-order valence-electron chi connectivity index (χ2n) is 5.92. The number of rotatable bonds is 5. The quantitative estimate of drug-likeness (QED) is 0.732. The second-order valence-corrected chi connectivity index (χ2v) is 5.92. The normalized spacial score (nSPS) is 21.1. The molecule has 0 spiro atoms. The van der Waals surface area contributed by atoms with Gasteiger partial charge in [-0.05, 0) is 12.8 Å². The smallest absolute Gasteiger partial charge is 0.353 e. The van der Waals surface area contributed by atoms with Gasteiger partial charge >= 0.3 is 6.18 Å². The predicted molar refractivity (Wildman–Crippen MR) is 85.0 cm³/mol. The lowest BCUT2D eigenvalue weighted by atomic mass is 10.1. The fraction of sp³-hybridized carbons (Fsp3) is 0.857. The van der Waals surface area contributed by atoms with Crippen LogP contribution < -0.4 is 10.6 Å². The van der Waals surface area contributed by atoms with Gasteiger partial charge in [0.1, 0.15) is 6.04 Å². The van der Waals surface area contributed by atoms with Crippen molar-refractivity contribution in [3.63, 3.8) is 0 Å². The molecule has 2 heterocycles. The lowest BCUT2D eigenvalue weighted by Gasteiger charge is -2.36. The minimum absolute atomic E-state index is 0. The number of carbonyl (C=O) groups excluding carboxylic acids is 2. The van der Waals surface area contributed by atoms with E-state index in [1.807, 2.05) is 0 Å². The molecular weight excluding hydrogens is 349 g/mol.